The van der Waals surface area contributed by atoms with Crippen molar-refractivity contribution in [2.24, 2.45) is 5.92 Å². The van der Waals surface area contributed by atoms with Gasteiger partial charge in [0.1, 0.15) is 12.6 Å². The molecule has 0 spiro atoms. The molecule has 0 saturated heterocycles. The van der Waals surface area contributed by atoms with E-state index < -0.39 is 0 Å². The number of hydrogen-bond donors (Lipinski definition) is 0. The molecule has 0 atom stereocenters. The van der Waals surface area contributed by atoms with Gasteiger partial charge in [-0.1, -0.05) is 36.7 Å². The number of nitrogens with zero attached hydrogens (tertiary/aromatic N) is 3. The molecule has 172 valence electrons. The molecule has 1 aliphatic rings. The fourth-order valence-corrected chi connectivity index (χ4v) is 4.24. The van der Waals surface area contributed by atoms with Gasteiger partial charge >= 0.3 is 0 Å². The highest BCUT2D eigenvalue weighted by Gasteiger charge is 2.11. The summed E-state index contributed by atoms with van der Waals surface area (Å²) in [5.74, 6) is 0.406. The number of benzene rings is 1. The second-order valence-corrected chi connectivity index (χ2v) is 8.68. The zero-order valence-corrected chi connectivity index (χ0v) is 20.0. The Morgan fingerprint density at radius 2 is 1.94 bits per heavy atom. The summed E-state index contributed by atoms with van der Waals surface area (Å²) in [5, 5.41) is 0.937. The molecule has 2 heterocycles. The minimum absolute atomic E-state index is 0.406. The van der Waals surface area contributed by atoms with Crippen LogP contribution in [0.1, 0.15) is 54.9 Å². The van der Waals surface area contributed by atoms with E-state index in [2.05, 4.69) is 19.6 Å². The van der Waals surface area contributed by atoms with E-state index in [1.165, 1.54) is 19.3 Å². The first-order chi connectivity index (χ1) is 15.6. The third-order valence-corrected chi connectivity index (χ3v) is 6.27. The van der Waals surface area contributed by atoms with E-state index in [0.29, 0.717) is 11.5 Å². The molecule has 0 amide bonds. The van der Waals surface area contributed by atoms with Crippen LogP contribution in [0, 0.1) is 5.92 Å². The predicted molar refractivity (Wildman–Crippen MR) is 132 cm³/mol. The van der Waals surface area contributed by atoms with Crippen molar-refractivity contribution in [1.82, 2.24) is 9.97 Å². The number of anilines is 1. The highest BCUT2D eigenvalue weighted by molar-refractivity contribution is 7.22. The maximum atomic E-state index is 10.8. The quantitative estimate of drug-likeness (QED) is 0.453. The molecule has 32 heavy (non-hydrogen) atoms. The summed E-state index contributed by atoms with van der Waals surface area (Å²) in [5.41, 5.74) is 2.75. The molecule has 3 aromatic rings. The molecular formula is C25H33N3O3S. The number of carbonyl (C=O) groups is 2. The Bertz CT molecular complexity index is 938. The fraction of sp³-hybridized carbons (Fsp3) is 0.440. The van der Waals surface area contributed by atoms with Gasteiger partial charge in [-0.05, 0) is 49.6 Å². The van der Waals surface area contributed by atoms with Crippen LogP contribution in [0.3, 0.4) is 0 Å². The van der Waals surface area contributed by atoms with Crippen LogP contribution in [-0.2, 0) is 16.1 Å². The van der Waals surface area contributed by atoms with Crippen molar-refractivity contribution in [2.75, 3.05) is 25.7 Å². The maximum Gasteiger partial charge on any atom is 0.186 e. The average molecular weight is 456 g/mol. The Balaban J connectivity index is 0.000000250. The van der Waals surface area contributed by atoms with Gasteiger partial charge in [-0.25, -0.2) is 4.98 Å². The zero-order chi connectivity index (χ0) is 23.2. The molecule has 0 unspecified atom stereocenters. The molecule has 2 aromatic heterocycles. The molecule has 1 aromatic carbocycles. The van der Waals surface area contributed by atoms with Crippen LogP contribution in [-0.4, -0.2) is 43.3 Å². The van der Waals surface area contributed by atoms with Crippen LogP contribution in [0.2, 0.25) is 0 Å². The van der Waals surface area contributed by atoms with Crippen molar-refractivity contribution in [2.45, 2.75) is 45.6 Å². The van der Waals surface area contributed by atoms with Crippen LogP contribution in [0.25, 0.3) is 10.2 Å². The number of carbonyl (C=O) groups excluding carboxylic acids is 2. The summed E-state index contributed by atoms with van der Waals surface area (Å²) < 4.78 is 5.57. The number of fused-ring (bicyclic) bond motifs is 1. The normalized spacial score (nSPS) is 13.3. The van der Waals surface area contributed by atoms with E-state index in [1.54, 1.807) is 30.7 Å². The van der Waals surface area contributed by atoms with Crippen LogP contribution < -0.4 is 4.90 Å². The second kappa shape index (κ2) is 14.4. The van der Waals surface area contributed by atoms with E-state index in [0.717, 1.165) is 59.5 Å². The van der Waals surface area contributed by atoms with Gasteiger partial charge in [-0.3, -0.25) is 9.78 Å². The van der Waals surface area contributed by atoms with Crippen LogP contribution >= 0.6 is 11.3 Å². The van der Waals surface area contributed by atoms with Gasteiger partial charge < -0.3 is 14.4 Å². The standard InChI is InChI=1S/C15H13N3OS.C7H12O.C3H8O/c1-18(9-12-3-2-6-16-8-12)15-17-13-5-4-11(10-19)7-14(13)20-15;8-6-7-4-2-1-3-5-7;1-3-4-2/h2-8,10H,9H2,1H3;6-7H,1-5H2;3H2,1-2H3. The summed E-state index contributed by atoms with van der Waals surface area (Å²) in [6.07, 6.45) is 11.7. The summed E-state index contributed by atoms with van der Waals surface area (Å²) in [6.45, 7) is 3.54. The predicted octanol–water partition coefficient (Wildman–Crippen LogP) is 5.56. The van der Waals surface area contributed by atoms with Gasteiger partial charge in [0.25, 0.3) is 0 Å². The van der Waals surface area contributed by atoms with Crippen molar-refractivity contribution in [3.63, 3.8) is 0 Å². The number of ether oxygens (including phenoxy) is 1. The largest absolute Gasteiger partial charge is 0.385 e. The third-order valence-electron chi connectivity index (χ3n) is 5.14. The summed E-state index contributed by atoms with van der Waals surface area (Å²) >= 11 is 1.59. The van der Waals surface area contributed by atoms with E-state index in [-0.39, 0.29) is 0 Å². The molecule has 0 aliphatic heterocycles. The molecular weight excluding hydrogens is 422 g/mol. The highest BCUT2D eigenvalue weighted by Crippen LogP contribution is 2.29. The molecule has 1 saturated carbocycles. The number of aromatic nitrogens is 2. The third kappa shape index (κ3) is 8.48. The Morgan fingerprint density at radius 1 is 1.19 bits per heavy atom. The van der Waals surface area contributed by atoms with E-state index in [4.69, 9.17) is 0 Å². The molecule has 1 aliphatic carbocycles. The van der Waals surface area contributed by atoms with Gasteiger partial charge in [-0.15, -0.1) is 0 Å². The summed E-state index contributed by atoms with van der Waals surface area (Å²) in [4.78, 5) is 31.8. The molecule has 6 nitrogen and oxygen atoms in total. The number of aldehydes is 2. The Kier molecular flexibility index (Phi) is 11.6. The van der Waals surface area contributed by atoms with Crippen molar-refractivity contribution in [3.05, 3.63) is 53.9 Å². The van der Waals surface area contributed by atoms with E-state index in [1.807, 2.05) is 44.4 Å². The lowest BCUT2D eigenvalue weighted by Crippen LogP contribution is -2.15. The molecule has 0 N–H and O–H groups in total. The maximum absolute atomic E-state index is 10.8. The number of hydrogen-bond acceptors (Lipinski definition) is 7. The van der Waals surface area contributed by atoms with Gasteiger partial charge in [0.15, 0.2) is 5.13 Å². The van der Waals surface area contributed by atoms with E-state index in [9.17, 15) is 9.59 Å². The van der Waals surface area contributed by atoms with Crippen LogP contribution in [0.5, 0.6) is 0 Å². The molecule has 0 radical (unpaired) electrons. The minimum atomic E-state index is 0.406. The van der Waals surface area contributed by atoms with E-state index >= 15 is 0 Å². The number of methoxy groups -OCH3 is 1. The SMILES string of the molecule is CCOC.CN(Cc1cccnc1)c1nc2ccc(C=O)cc2s1.O=CC1CCCCC1. The van der Waals surface area contributed by atoms with Gasteiger partial charge in [-0.2, -0.15) is 0 Å². The molecule has 0 bridgehead atoms. The topological polar surface area (TPSA) is 72.4 Å². The van der Waals surface area contributed by atoms with Crippen molar-refractivity contribution >= 4 is 39.3 Å². The number of pyridine rings is 1. The first kappa shape index (κ1) is 25.6. The van der Waals surface area contributed by atoms with Crippen molar-refractivity contribution < 1.29 is 14.3 Å². The second-order valence-electron chi connectivity index (χ2n) is 7.67. The highest BCUT2D eigenvalue weighted by atomic mass is 32.1. The Hall–Kier alpha value is -2.64. The lowest BCUT2D eigenvalue weighted by atomic mass is 9.91. The summed E-state index contributed by atoms with van der Waals surface area (Å²) in [6, 6.07) is 9.53. The molecule has 4 rings (SSSR count). The Morgan fingerprint density at radius 3 is 2.50 bits per heavy atom. The first-order valence-corrected chi connectivity index (χ1v) is 11.8. The van der Waals surface area contributed by atoms with Crippen LogP contribution in [0.15, 0.2) is 42.7 Å². The lowest BCUT2D eigenvalue weighted by Gasteiger charge is -2.14. The monoisotopic (exact) mass is 455 g/mol. The summed E-state index contributed by atoms with van der Waals surface area (Å²) in [7, 11) is 3.69. The average Bonchev–Trinajstić information content (AvgIpc) is 3.29. The Labute approximate surface area is 194 Å². The van der Waals surface area contributed by atoms with Gasteiger partial charge in [0, 0.05) is 51.2 Å². The van der Waals surface area contributed by atoms with Gasteiger partial charge in [0.2, 0.25) is 0 Å². The van der Waals surface area contributed by atoms with Crippen LogP contribution in [0.4, 0.5) is 5.13 Å². The lowest BCUT2D eigenvalue weighted by molar-refractivity contribution is -0.111. The van der Waals surface area contributed by atoms with Gasteiger partial charge in [0.05, 0.1) is 10.2 Å². The number of thiazole rings is 1. The first-order valence-electron chi connectivity index (χ1n) is 11.0. The minimum Gasteiger partial charge on any atom is -0.385 e. The zero-order valence-electron chi connectivity index (χ0n) is 19.2. The molecule has 1 fully saturated rings. The number of rotatable bonds is 6. The fourth-order valence-electron chi connectivity index (χ4n) is 3.27. The molecule has 7 heteroatoms. The smallest absolute Gasteiger partial charge is 0.186 e. The van der Waals surface area contributed by atoms with Crippen molar-refractivity contribution in [3.8, 4) is 0 Å². The van der Waals surface area contributed by atoms with Crippen molar-refractivity contribution in [1.29, 1.82) is 0 Å².